The van der Waals surface area contributed by atoms with Crippen LogP contribution in [0, 0.1) is 10.1 Å². The standard InChI is InChI=1S/C15H16N4O3/c1-5-9(2)12(15(16-3)22-4)14-17-10-7-6-8-11(19(20)21)13(10)18-14/h5-8H,1H2,2-4H3,(H,17,18)/b12-9-,16-15?. The molecule has 7 nitrogen and oxygen atoms in total. The molecule has 0 aliphatic carbocycles. The monoisotopic (exact) mass is 300 g/mol. The number of rotatable bonds is 4. The van der Waals surface area contributed by atoms with Crippen LogP contribution in [0.2, 0.25) is 0 Å². The maximum Gasteiger partial charge on any atom is 0.297 e. The first-order valence-electron chi connectivity index (χ1n) is 6.51. The van der Waals surface area contributed by atoms with Crippen molar-refractivity contribution in [3.05, 3.63) is 52.4 Å². The third-order valence-corrected chi connectivity index (χ3v) is 3.24. The second-order valence-corrected chi connectivity index (χ2v) is 4.51. The molecule has 0 atom stereocenters. The zero-order chi connectivity index (χ0) is 16.3. The highest BCUT2D eigenvalue weighted by atomic mass is 16.6. The molecule has 0 fully saturated rings. The first-order chi connectivity index (χ1) is 10.5. The fraction of sp³-hybridized carbons (Fsp3) is 0.200. The van der Waals surface area contributed by atoms with E-state index in [9.17, 15) is 10.1 Å². The molecule has 0 unspecified atom stereocenters. The Labute approximate surface area is 127 Å². The van der Waals surface area contributed by atoms with Crippen molar-refractivity contribution < 1.29 is 9.66 Å². The summed E-state index contributed by atoms with van der Waals surface area (Å²) in [6, 6.07) is 4.76. The van der Waals surface area contributed by atoms with Gasteiger partial charge in [0, 0.05) is 13.1 Å². The lowest BCUT2D eigenvalue weighted by atomic mass is 10.1. The van der Waals surface area contributed by atoms with Gasteiger partial charge in [0.1, 0.15) is 5.82 Å². The predicted molar refractivity (Wildman–Crippen MR) is 85.9 cm³/mol. The molecule has 1 aromatic heterocycles. The number of nitrogens with one attached hydrogen (secondary N) is 1. The Balaban J connectivity index is 2.74. The second-order valence-electron chi connectivity index (χ2n) is 4.51. The number of aliphatic imine (C=N–C) groups is 1. The van der Waals surface area contributed by atoms with Gasteiger partial charge in [-0.2, -0.15) is 0 Å². The molecule has 2 aromatic rings. The quantitative estimate of drug-likeness (QED) is 0.308. The molecule has 1 N–H and O–H groups in total. The second kappa shape index (κ2) is 6.21. The topological polar surface area (TPSA) is 93.4 Å². The lowest BCUT2D eigenvalue weighted by Crippen LogP contribution is -2.08. The summed E-state index contributed by atoms with van der Waals surface area (Å²) in [7, 11) is 3.10. The number of nitro benzene ring substituents is 1. The van der Waals surface area contributed by atoms with Crippen molar-refractivity contribution in [3.8, 4) is 0 Å². The summed E-state index contributed by atoms with van der Waals surface area (Å²) in [6.07, 6.45) is 1.65. The molecule has 2 rings (SSSR count). The summed E-state index contributed by atoms with van der Waals surface area (Å²) < 4.78 is 5.26. The molecule has 0 saturated heterocycles. The fourth-order valence-corrected chi connectivity index (χ4v) is 2.15. The smallest absolute Gasteiger partial charge is 0.297 e. The number of non-ortho nitro benzene ring substituents is 1. The number of hydrogen-bond donors (Lipinski definition) is 1. The van der Waals surface area contributed by atoms with Crippen LogP contribution >= 0.6 is 0 Å². The number of nitro groups is 1. The summed E-state index contributed by atoms with van der Waals surface area (Å²) in [6.45, 7) is 5.58. The number of hydrogen-bond acceptors (Lipinski definition) is 5. The minimum Gasteiger partial charge on any atom is -0.481 e. The van der Waals surface area contributed by atoms with Crippen LogP contribution in [0.15, 0.2) is 41.4 Å². The number of aromatic nitrogens is 2. The average molecular weight is 300 g/mol. The van der Waals surface area contributed by atoms with E-state index in [1.807, 2.05) is 6.92 Å². The minimum atomic E-state index is -0.457. The normalized spacial score (nSPS) is 13.0. The van der Waals surface area contributed by atoms with Crippen LogP contribution in [-0.2, 0) is 4.74 Å². The lowest BCUT2D eigenvalue weighted by molar-refractivity contribution is -0.383. The number of allylic oxidation sites excluding steroid dienone is 2. The molecule has 0 saturated carbocycles. The molecule has 22 heavy (non-hydrogen) atoms. The van der Waals surface area contributed by atoms with E-state index < -0.39 is 4.92 Å². The molecule has 1 aromatic carbocycles. The molecular weight excluding hydrogens is 284 g/mol. The Morgan fingerprint density at radius 3 is 2.82 bits per heavy atom. The van der Waals surface area contributed by atoms with Crippen molar-refractivity contribution in [1.29, 1.82) is 0 Å². The highest BCUT2D eigenvalue weighted by Gasteiger charge is 2.20. The van der Waals surface area contributed by atoms with Gasteiger partial charge < -0.3 is 9.72 Å². The number of para-hydroxylation sites is 1. The van der Waals surface area contributed by atoms with Crippen molar-refractivity contribution in [2.45, 2.75) is 6.92 Å². The van der Waals surface area contributed by atoms with E-state index in [2.05, 4.69) is 21.5 Å². The van der Waals surface area contributed by atoms with Gasteiger partial charge in [0.2, 0.25) is 5.90 Å². The first-order valence-corrected chi connectivity index (χ1v) is 6.51. The molecule has 0 amide bonds. The average Bonchev–Trinajstić information content (AvgIpc) is 2.94. The SMILES string of the molecule is C=C/C(C)=C(\C(=NC)OC)c1nc2c([N+](=O)[O-])cccc2[nH]1. The molecule has 114 valence electrons. The molecule has 0 aliphatic rings. The maximum absolute atomic E-state index is 11.1. The number of nitrogens with zero attached hydrogens (tertiary/aromatic N) is 3. The predicted octanol–water partition coefficient (Wildman–Crippen LogP) is 3.11. The van der Waals surface area contributed by atoms with Crippen molar-refractivity contribution in [3.63, 3.8) is 0 Å². The maximum atomic E-state index is 11.1. The molecule has 0 radical (unpaired) electrons. The number of H-pyrrole nitrogens is 1. The van der Waals surface area contributed by atoms with Crippen molar-refractivity contribution in [2.75, 3.05) is 14.2 Å². The molecule has 0 bridgehead atoms. The van der Waals surface area contributed by atoms with E-state index in [1.54, 1.807) is 25.3 Å². The van der Waals surface area contributed by atoms with Crippen LogP contribution in [0.25, 0.3) is 16.6 Å². The van der Waals surface area contributed by atoms with E-state index >= 15 is 0 Å². The van der Waals surface area contributed by atoms with Crippen molar-refractivity contribution >= 4 is 28.2 Å². The Morgan fingerprint density at radius 2 is 2.27 bits per heavy atom. The molecule has 0 aliphatic heterocycles. The summed E-state index contributed by atoms with van der Waals surface area (Å²) in [5, 5.41) is 11.1. The van der Waals surface area contributed by atoms with E-state index in [-0.39, 0.29) is 5.69 Å². The van der Waals surface area contributed by atoms with Crippen LogP contribution < -0.4 is 0 Å². The Morgan fingerprint density at radius 1 is 1.55 bits per heavy atom. The van der Waals surface area contributed by atoms with Gasteiger partial charge >= 0.3 is 0 Å². The Kier molecular flexibility index (Phi) is 4.36. The van der Waals surface area contributed by atoms with Crippen LogP contribution in [0.5, 0.6) is 0 Å². The number of aromatic amines is 1. The number of benzene rings is 1. The van der Waals surface area contributed by atoms with Gasteiger partial charge in [-0.25, -0.2) is 4.98 Å². The number of fused-ring (bicyclic) bond motifs is 1. The van der Waals surface area contributed by atoms with Crippen LogP contribution in [-0.4, -0.2) is 34.9 Å². The van der Waals surface area contributed by atoms with E-state index in [0.717, 1.165) is 5.57 Å². The highest BCUT2D eigenvalue weighted by Crippen LogP contribution is 2.27. The third kappa shape index (κ3) is 2.60. The number of ether oxygens (including phenoxy) is 1. The summed E-state index contributed by atoms with van der Waals surface area (Å²) in [4.78, 5) is 22.2. The highest BCUT2D eigenvalue weighted by molar-refractivity contribution is 6.20. The number of imidazole rings is 1. The summed E-state index contributed by atoms with van der Waals surface area (Å²) >= 11 is 0. The van der Waals surface area contributed by atoms with Crippen LogP contribution in [0.1, 0.15) is 12.7 Å². The Bertz CT molecular complexity index is 802. The first kappa shape index (κ1) is 15.4. The summed E-state index contributed by atoms with van der Waals surface area (Å²) in [5.74, 6) is 0.822. The van der Waals surface area contributed by atoms with Gasteiger partial charge in [-0.05, 0) is 18.6 Å². The van der Waals surface area contributed by atoms with E-state index in [0.29, 0.717) is 28.3 Å². The number of methoxy groups -OCH3 is 1. The van der Waals surface area contributed by atoms with E-state index in [1.165, 1.54) is 13.2 Å². The largest absolute Gasteiger partial charge is 0.481 e. The zero-order valence-electron chi connectivity index (χ0n) is 12.6. The van der Waals surface area contributed by atoms with Gasteiger partial charge in [0.15, 0.2) is 5.52 Å². The van der Waals surface area contributed by atoms with Gasteiger partial charge in [-0.3, -0.25) is 15.1 Å². The van der Waals surface area contributed by atoms with Crippen molar-refractivity contribution in [1.82, 2.24) is 9.97 Å². The van der Waals surface area contributed by atoms with Crippen LogP contribution in [0.3, 0.4) is 0 Å². The van der Waals surface area contributed by atoms with Gasteiger partial charge in [-0.1, -0.05) is 18.7 Å². The van der Waals surface area contributed by atoms with Gasteiger partial charge in [0.25, 0.3) is 5.69 Å². The molecule has 0 spiro atoms. The Hall–Kier alpha value is -2.96. The van der Waals surface area contributed by atoms with Crippen LogP contribution in [0.4, 0.5) is 5.69 Å². The van der Waals surface area contributed by atoms with E-state index in [4.69, 9.17) is 4.74 Å². The molecule has 1 heterocycles. The lowest BCUT2D eigenvalue weighted by Gasteiger charge is -2.09. The fourth-order valence-electron chi connectivity index (χ4n) is 2.15. The third-order valence-electron chi connectivity index (χ3n) is 3.24. The zero-order valence-corrected chi connectivity index (χ0v) is 12.6. The summed E-state index contributed by atoms with van der Waals surface area (Å²) in [5.41, 5.74) is 2.23. The minimum absolute atomic E-state index is 0.0528. The van der Waals surface area contributed by atoms with Gasteiger partial charge in [0.05, 0.1) is 23.1 Å². The molecular formula is C15H16N4O3. The molecule has 7 heteroatoms. The van der Waals surface area contributed by atoms with Crippen molar-refractivity contribution in [2.24, 2.45) is 4.99 Å². The van der Waals surface area contributed by atoms with Gasteiger partial charge in [-0.15, -0.1) is 0 Å².